The van der Waals surface area contributed by atoms with Crippen LogP contribution >= 0.6 is 23.4 Å². The number of nitrogens with zero attached hydrogens (tertiary/aromatic N) is 1. The first-order chi connectivity index (χ1) is 5.83. The number of halogens is 1. The van der Waals surface area contributed by atoms with E-state index in [1.54, 1.807) is 24.9 Å². The van der Waals surface area contributed by atoms with E-state index in [0.717, 1.165) is 17.4 Å². The molecule has 1 aromatic rings. The fourth-order valence-electron chi connectivity index (χ4n) is 0.700. The third-order valence-electron chi connectivity index (χ3n) is 1.23. The summed E-state index contributed by atoms with van der Waals surface area (Å²) in [4.78, 5) is 4.12. The Morgan fingerprint density at radius 2 is 2.42 bits per heavy atom. The van der Waals surface area contributed by atoms with Crippen LogP contribution in [0.1, 0.15) is 0 Å². The number of hydrogen-bond acceptors (Lipinski definition) is 3. The van der Waals surface area contributed by atoms with Crippen molar-refractivity contribution < 1.29 is 4.74 Å². The smallest absolute Gasteiger partial charge is 0.130 e. The largest absolute Gasteiger partial charge is 0.384 e. The molecule has 1 rings (SSSR count). The monoisotopic (exact) mass is 203 g/mol. The molecule has 1 aromatic heterocycles. The van der Waals surface area contributed by atoms with E-state index < -0.39 is 0 Å². The van der Waals surface area contributed by atoms with Crippen molar-refractivity contribution in [2.75, 3.05) is 19.5 Å². The first-order valence-electron chi connectivity index (χ1n) is 3.57. The molecule has 0 spiro atoms. The summed E-state index contributed by atoms with van der Waals surface area (Å²) in [6.07, 6.45) is 0. The number of hydrogen-bond donors (Lipinski definition) is 0. The minimum Gasteiger partial charge on any atom is -0.384 e. The first kappa shape index (κ1) is 9.84. The van der Waals surface area contributed by atoms with Crippen LogP contribution in [0, 0.1) is 0 Å². The van der Waals surface area contributed by atoms with Crippen molar-refractivity contribution in [3.63, 3.8) is 0 Å². The molecule has 2 nitrogen and oxygen atoms in total. The van der Waals surface area contributed by atoms with Gasteiger partial charge in [0.2, 0.25) is 0 Å². The fourth-order valence-corrected chi connectivity index (χ4v) is 1.71. The van der Waals surface area contributed by atoms with Crippen LogP contribution < -0.4 is 0 Å². The van der Waals surface area contributed by atoms with Crippen LogP contribution in [0.5, 0.6) is 0 Å². The third kappa shape index (κ3) is 3.43. The van der Waals surface area contributed by atoms with Gasteiger partial charge in [-0.05, 0) is 12.1 Å². The lowest BCUT2D eigenvalue weighted by atomic mass is 10.5. The molecular weight excluding hydrogens is 194 g/mol. The van der Waals surface area contributed by atoms with E-state index in [-0.39, 0.29) is 0 Å². The Labute approximate surface area is 81.3 Å². The average molecular weight is 204 g/mol. The molecule has 0 saturated heterocycles. The van der Waals surface area contributed by atoms with Crippen LogP contribution in [0.25, 0.3) is 0 Å². The van der Waals surface area contributed by atoms with E-state index in [2.05, 4.69) is 4.98 Å². The lowest BCUT2D eigenvalue weighted by Gasteiger charge is -1.99. The van der Waals surface area contributed by atoms with E-state index in [1.165, 1.54) is 0 Å². The van der Waals surface area contributed by atoms with Crippen LogP contribution in [-0.4, -0.2) is 24.5 Å². The number of rotatable bonds is 4. The van der Waals surface area contributed by atoms with Crippen molar-refractivity contribution in [2.24, 2.45) is 0 Å². The second-order valence-electron chi connectivity index (χ2n) is 2.14. The molecular formula is C8H10ClNOS. The SMILES string of the molecule is COCCSc1cccc(Cl)n1. The second kappa shape index (κ2) is 5.41. The average Bonchev–Trinajstić information content (AvgIpc) is 2.05. The van der Waals surface area contributed by atoms with Crippen LogP contribution in [0.15, 0.2) is 23.2 Å². The van der Waals surface area contributed by atoms with E-state index in [9.17, 15) is 0 Å². The highest BCUT2D eigenvalue weighted by Gasteiger charge is 1.95. The minimum atomic E-state index is 0.539. The Morgan fingerprint density at radius 1 is 1.58 bits per heavy atom. The van der Waals surface area contributed by atoms with Crippen LogP contribution in [0.3, 0.4) is 0 Å². The summed E-state index contributed by atoms with van der Waals surface area (Å²) < 4.78 is 4.91. The lowest BCUT2D eigenvalue weighted by Crippen LogP contribution is -1.91. The Balaban J connectivity index is 2.41. The fraction of sp³-hybridized carbons (Fsp3) is 0.375. The summed E-state index contributed by atoms with van der Waals surface area (Å²) in [5, 5.41) is 1.48. The summed E-state index contributed by atoms with van der Waals surface area (Å²) in [6.45, 7) is 0.735. The van der Waals surface area contributed by atoms with Crippen molar-refractivity contribution in [1.29, 1.82) is 0 Å². The van der Waals surface area contributed by atoms with Crippen molar-refractivity contribution in [1.82, 2.24) is 4.98 Å². The number of pyridine rings is 1. The third-order valence-corrected chi connectivity index (χ3v) is 2.33. The van der Waals surface area contributed by atoms with Gasteiger partial charge in [-0.1, -0.05) is 17.7 Å². The Bertz CT molecular complexity index is 244. The highest BCUT2D eigenvalue weighted by atomic mass is 35.5. The van der Waals surface area contributed by atoms with Gasteiger partial charge < -0.3 is 4.74 Å². The van der Waals surface area contributed by atoms with E-state index in [4.69, 9.17) is 16.3 Å². The number of thioether (sulfide) groups is 1. The zero-order chi connectivity index (χ0) is 8.81. The molecule has 0 atom stereocenters. The molecule has 0 radical (unpaired) electrons. The van der Waals surface area contributed by atoms with Gasteiger partial charge in [0.1, 0.15) is 5.15 Å². The van der Waals surface area contributed by atoms with Crippen LogP contribution in [0.2, 0.25) is 5.15 Å². The van der Waals surface area contributed by atoms with Gasteiger partial charge >= 0.3 is 0 Å². The zero-order valence-corrected chi connectivity index (χ0v) is 8.36. The molecule has 0 amide bonds. The Morgan fingerprint density at radius 3 is 3.08 bits per heavy atom. The Kier molecular flexibility index (Phi) is 4.43. The Hall–Kier alpha value is -0.250. The van der Waals surface area contributed by atoms with Gasteiger partial charge in [0.25, 0.3) is 0 Å². The molecule has 0 saturated carbocycles. The van der Waals surface area contributed by atoms with Gasteiger partial charge in [0, 0.05) is 12.9 Å². The second-order valence-corrected chi connectivity index (χ2v) is 3.64. The number of ether oxygens (including phenoxy) is 1. The maximum atomic E-state index is 5.70. The predicted octanol–water partition coefficient (Wildman–Crippen LogP) is 2.47. The van der Waals surface area contributed by atoms with Gasteiger partial charge in [-0.2, -0.15) is 0 Å². The zero-order valence-electron chi connectivity index (χ0n) is 6.79. The minimum absolute atomic E-state index is 0.539. The van der Waals surface area contributed by atoms with E-state index in [0.29, 0.717) is 5.15 Å². The van der Waals surface area contributed by atoms with E-state index >= 15 is 0 Å². The molecule has 0 aliphatic carbocycles. The molecule has 0 bridgehead atoms. The molecule has 0 unspecified atom stereocenters. The van der Waals surface area contributed by atoms with Gasteiger partial charge in [-0.15, -0.1) is 11.8 Å². The number of aromatic nitrogens is 1. The van der Waals surface area contributed by atoms with Crippen molar-refractivity contribution >= 4 is 23.4 Å². The molecule has 1 heterocycles. The molecule has 0 aliphatic heterocycles. The lowest BCUT2D eigenvalue weighted by molar-refractivity contribution is 0.218. The first-order valence-corrected chi connectivity index (χ1v) is 4.93. The molecule has 0 aromatic carbocycles. The van der Waals surface area contributed by atoms with Gasteiger partial charge in [-0.25, -0.2) is 4.98 Å². The normalized spacial score (nSPS) is 10.2. The van der Waals surface area contributed by atoms with Gasteiger partial charge in [0.15, 0.2) is 0 Å². The summed E-state index contributed by atoms with van der Waals surface area (Å²) in [6, 6.07) is 5.60. The standard InChI is InChI=1S/C8H10ClNOS/c1-11-5-6-12-8-4-2-3-7(9)10-8/h2-4H,5-6H2,1H3. The van der Waals surface area contributed by atoms with Crippen molar-refractivity contribution in [3.05, 3.63) is 23.4 Å². The maximum Gasteiger partial charge on any atom is 0.130 e. The maximum absolute atomic E-state index is 5.70. The van der Waals surface area contributed by atoms with Crippen LogP contribution in [-0.2, 0) is 4.74 Å². The summed E-state index contributed by atoms with van der Waals surface area (Å²) in [5.74, 6) is 0.907. The van der Waals surface area contributed by atoms with Gasteiger partial charge in [-0.3, -0.25) is 0 Å². The van der Waals surface area contributed by atoms with Crippen molar-refractivity contribution in [2.45, 2.75) is 5.03 Å². The summed E-state index contributed by atoms with van der Waals surface area (Å²) >= 11 is 7.34. The molecule has 4 heteroatoms. The highest BCUT2D eigenvalue weighted by Crippen LogP contribution is 2.16. The summed E-state index contributed by atoms with van der Waals surface area (Å²) in [5.41, 5.74) is 0. The van der Waals surface area contributed by atoms with Gasteiger partial charge in [0.05, 0.1) is 11.6 Å². The summed E-state index contributed by atoms with van der Waals surface area (Å²) in [7, 11) is 1.69. The molecule has 0 N–H and O–H groups in total. The molecule has 0 fully saturated rings. The topological polar surface area (TPSA) is 22.1 Å². The highest BCUT2D eigenvalue weighted by molar-refractivity contribution is 7.99. The molecule has 12 heavy (non-hydrogen) atoms. The predicted molar refractivity (Wildman–Crippen MR) is 51.8 cm³/mol. The quantitative estimate of drug-likeness (QED) is 0.427. The van der Waals surface area contributed by atoms with Crippen molar-refractivity contribution in [3.8, 4) is 0 Å². The number of methoxy groups -OCH3 is 1. The molecule has 0 aliphatic rings. The van der Waals surface area contributed by atoms with E-state index in [1.807, 2.05) is 12.1 Å². The van der Waals surface area contributed by atoms with Crippen LogP contribution in [0.4, 0.5) is 0 Å². The molecule has 66 valence electrons.